The van der Waals surface area contributed by atoms with Crippen molar-refractivity contribution >= 4 is 27.7 Å². The molecule has 0 N–H and O–H groups in total. The molecular formula is C20H23ClN2O3S. The van der Waals surface area contributed by atoms with Crippen LogP contribution < -0.4 is 4.74 Å². The van der Waals surface area contributed by atoms with Gasteiger partial charge >= 0.3 is 0 Å². The third-order valence-electron chi connectivity index (χ3n) is 4.55. The summed E-state index contributed by atoms with van der Waals surface area (Å²) in [6, 6.07) is 14.8. The van der Waals surface area contributed by atoms with Crippen LogP contribution in [0.2, 0.25) is 5.02 Å². The van der Waals surface area contributed by atoms with E-state index in [0.29, 0.717) is 37.0 Å². The summed E-state index contributed by atoms with van der Waals surface area (Å²) in [7, 11) is -2.18. The van der Waals surface area contributed by atoms with Crippen LogP contribution in [-0.2, 0) is 10.0 Å². The zero-order valence-electron chi connectivity index (χ0n) is 15.2. The van der Waals surface area contributed by atoms with Crippen LogP contribution in [0.1, 0.15) is 5.56 Å². The Bertz CT molecular complexity index is 893. The van der Waals surface area contributed by atoms with Gasteiger partial charge in [-0.2, -0.15) is 4.31 Å². The number of rotatable bonds is 6. The fraction of sp³-hybridized carbons (Fsp3) is 0.300. The molecule has 0 spiro atoms. The number of piperazine rings is 1. The van der Waals surface area contributed by atoms with Crippen molar-refractivity contribution in [3.8, 4) is 5.75 Å². The fourth-order valence-electron chi connectivity index (χ4n) is 3.05. The molecule has 0 bridgehead atoms. The maximum Gasteiger partial charge on any atom is 0.246 e. The number of nitrogens with zero attached hydrogens (tertiary/aromatic N) is 2. The molecule has 0 saturated carbocycles. The monoisotopic (exact) mass is 406 g/mol. The smallest absolute Gasteiger partial charge is 0.246 e. The number of halogens is 1. The minimum atomic E-state index is -3.63. The van der Waals surface area contributed by atoms with Crippen LogP contribution in [0.25, 0.3) is 6.08 Å². The predicted molar refractivity (Wildman–Crippen MR) is 109 cm³/mol. The Balaban J connectivity index is 1.61. The van der Waals surface area contributed by atoms with E-state index in [4.69, 9.17) is 16.3 Å². The van der Waals surface area contributed by atoms with Crippen molar-refractivity contribution in [3.05, 3.63) is 65.2 Å². The quantitative estimate of drug-likeness (QED) is 0.738. The summed E-state index contributed by atoms with van der Waals surface area (Å²) in [6.07, 6.45) is 4.19. The average molecular weight is 407 g/mol. The number of methoxy groups -OCH3 is 1. The fourth-order valence-corrected chi connectivity index (χ4v) is 4.89. The molecule has 0 aromatic heterocycles. The molecule has 144 valence electrons. The lowest BCUT2D eigenvalue weighted by Gasteiger charge is -2.33. The van der Waals surface area contributed by atoms with Crippen molar-refractivity contribution in [2.45, 2.75) is 4.90 Å². The van der Waals surface area contributed by atoms with Gasteiger partial charge in [-0.15, -0.1) is 0 Å². The highest BCUT2D eigenvalue weighted by molar-refractivity contribution is 7.89. The van der Waals surface area contributed by atoms with Gasteiger partial charge in [0, 0.05) is 37.7 Å². The molecule has 3 rings (SSSR count). The summed E-state index contributed by atoms with van der Waals surface area (Å²) in [4.78, 5) is 2.36. The van der Waals surface area contributed by atoms with E-state index in [9.17, 15) is 8.42 Å². The van der Waals surface area contributed by atoms with Gasteiger partial charge in [0.1, 0.15) is 10.6 Å². The minimum absolute atomic E-state index is 0.120. The molecule has 1 aliphatic rings. The van der Waals surface area contributed by atoms with Crippen LogP contribution in [0.4, 0.5) is 0 Å². The highest BCUT2D eigenvalue weighted by Crippen LogP contribution is 2.30. The van der Waals surface area contributed by atoms with Gasteiger partial charge in [-0.1, -0.05) is 54.1 Å². The van der Waals surface area contributed by atoms with E-state index < -0.39 is 10.0 Å². The van der Waals surface area contributed by atoms with E-state index in [-0.39, 0.29) is 4.90 Å². The third-order valence-corrected chi connectivity index (χ3v) is 6.70. The zero-order valence-corrected chi connectivity index (χ0v) is 16.8. The van der Waals surface area contributed by atoms with Gasteiger partial charge in [0.25, 0.3) is 0 Å². The molecule has 1 aliphatic heterocycles. The summed E-state index contributed by atoms with van der Waals surface area (Å²) in [5.74, 6) is 0.313. The number of benzene rings is 2. The molecule has 1 fully saturated rings. The van der Waals surface area contributed by atoms with E-state index in [1.165, 1.54) is 17.5 Å². The van der Waals surface area contributed by atoms with Gasteiger partial charge in [-0.05, 0) is 23.8 Å². The van der Waals surface area contributed by atoms with Crippen LogP contribution in [0.15, 0.2) is 59.5 Å². The molecule has 2 aromatic rings. The normalized spacial score (nSPS) is 16.7. The first kappa shape index (κ1) is 19.9. The third kappa shape index (κ3) is 4.90. The summed E-state index contributed by atoms with van der Waals surface area (Å²) >= 11 is 6.00. The van der Waals surface area contributed by atoms with Gasteiger partial charge < -0.3 is 4.74 Å². The van der Waals surface area contributed by atoms with Crippen LogP contribution in [0.5, 0.6) is 5.75 Å². The number of sulfonamides is 1. The second-order valence-electron chi connectivity index (χ2n) is 6.31. The Labute approximate surface area is 165 Å². The van der Waals surface area contributed by atoms with Crippen molar-refractivity contribution in [1.29, 1.82) is 0 Å². The SMILES string of the molecule is COc1ccc(Cl)cc1S(=O)(=O)N1CCN(C/C=C/c2ccccc2)CC1. The molecule has 1 saturated heterocycles. The van der Waals surface area contributed by atoms with Crippen molar-refractivity contribution in [2.24, 2.45) is 0 Å². The van der Waals surface area contributed by atoms with Crippen molar-refractivity contribution in [3.63, 3.8) is 0 Å². The summed E-state index contributed by atoms with van der Waals surface area (Å²) in [6.45, 7) is 3.04. The van der Waals surface area contributed by atoms with Crippen molar-refractivity contribution in [2.75, 3.05) is 39.8 Å². The van der Waals surface area contributed by atoms with Crippen LogP contribution in [-0.4, -0.2) is 57.5 Å². The molecule has 0 radical (unpaired) electrons. The second-order valence-corrected chi connectivity index (χ2v) is 8.66. The Hall–Kier alpha value is -1.86. The molecule has 7 heteroatoms. The lowest BCUT2D eigenvalue weighted by Crippen LogP contribution is -2.48. The standard InChI is InChI=1S/C20H23ClN2O3S/c1-26-19-10-9-18(21)16-20(19)27(24,25)23-14-12-22(13-15-23)11-5-8-17-6-3-2-4-7-17/h2-10,16H,11-15H2,1H3/b8-5+. The molecule has 0 unspecified atom stereocenters. The first-order valence-corrected chi connectivity index (χ1v) is 10.6. The molecular weight excluding hydrogens is 384 g/mol. The average Bonchev–Trinajstić information content (AvgIpc) is 2.69. The van der Waals surface area contributed by atoms with E-state index in [1.54, 1.807) is 12.1 Å². The Morgan fingerprint density at radius 2 is 1.78 bits per heavy atom. The predicted octanol–water partition coefficient (Wildman–Crippen LogP) is 3.37. The van der Waals surface area contributed by atoms with E-state index >= 15 is 0 Å². The Kier molecular flexibility index (Phi) is 6.55. The van der Waals surface area contributed by atoms with Gasteiger partial charge in [0.15, 0.2) is 0 Å². The number of hydrogen-bond acceptors (Lipinski definition) is 4. The number of ether oxygens (including phenoxy) is 1. The zero-order chi connectivity index (χ0) is 19.3. The van der Waals surface area contributed by atoms with Crippen molar-refractivity contribution < 1.29 is 13.2 Å². The maximum absolute atomic E-state index is 13.0. The molecule has 0 atom stereocenters. The van der Waals surface area contributed by atoms with Crippen LogP contribution in [0.3, 0.4) is 0 Å². The van der Waals surface area contributed by atoms with E-state index in [1.807, 2.05) is 18.2 Å². The summed E-state index contributed by atoms with van der Waals surface area (Å²) in [5, 5.41) is 0.374. The van der Waals surface area contributed by atoms with E-state index in [2.05, 4.69) is 29.2 Å². The Morgan fingerprint density at radius 1 is 1.07 bits per heavy atom. The maximum atomic E-state index is 13.0. The second kappa shape index (κ2) is 8.89. The minimum Gasteiger partial charge on any atom is -0.495 e. The highest BCUT2D eigenvalue weighted by Gasteiger charge is 2.30. The molecule has 2 aromatic carbocycles. The first-order chi connectivity index (χ1) is 13.0. The summed E-state index contributed by atoms with van der Waals surface area (Å²) < 4.78 is 32.7. The highest BCUT2D eigenvalue weighted by atomic mass is 35.5. The Morgan fingerprint density at radius 3 is 2.44 bits per heavy atom. The van der Waals surface area contributed by atoms with Gasteiger partial charge in [0.2, 0.25) is 10.0 Å². The van der Waals surface area contributed by atoms with Gasteiger partial charge in [-0.25, -0.2) is 8.42 Å². The lowest BCUT2D eigenvalue weighted by molar-refractivity contribution is 0.204. The van der Waals surface area contributed by atoms with Crippen LogP contribution in [0, 0.1) is 0 Å². The number of hydrogen-bond donors (Lipinski definition) is 0. The van der Waals surface area contributed by atoms with Crippen molar-refractivity contribution in [1.82, 2.24) is 9.21 Å². The first-order valence-electron chi connectivity index (χ1n) is 8.78. The van der Waals surface area contributed by atoms with Gasteiger partial charge in [0.05, 0.1) is 7.11 Å². The van der Waals surface area contributed by atoms with E-state index in [0.717, 1.165) is 12.1 Å². The summed E-state index contributed by atoms with van der Waals surface area (Å²) in [5.41, 5.74) is 1.16. The topological polar surface area (TPSA) is 49.9 Å². The molecule has 1 heterocycles. The molecule has 0 aliphatic carbocycles. The molecule has 0 amide bonds. The molecule has 5 nitrogen and oxygen atoms in total. The lowest BCUT2D eigenvalue weighted by atomic mass is 10.2. The molecule has 27 heavy (non-hydrogen) atoms. The van der Waals surface area contributed by atoms with Gasteiger partial charge in [-0.3, -0.25) is 4.90 Å². The largest absolute Gasteiger partial charge is 0.495 e. The van der Waals surface area contributed by atoms with Crippen LogP contribution >= 0.6 is 11.6 Å².